The second kappa shape index (κ2) is 4.62. The Labute approximate surface area is 117 Å². The van der Waals surface area contributed by atoms with Gasteiger partial charge in [0.1, 0.15) is 24.6 Å². The van der Waals surface area contributed by atoms with Crippen molar-refractivity contribution in [3.63, 3.8) is 0 Å². The smallest absolute Gasteiger partial charge is 0.235 e. The Bertz CT molecular complexity index is 580. The predicted molar refractivity (Wildman–Crippen MR) is 68.7 cm³/mol. The zero-order valence-electron chi connectivity index (χ0n) is 10.0. The molecule has 2 aliphatic rings. The highest BCUT2D eigenvalue weighted by Crippen LogP contribution is 2.50. The topological polar surface area (TPSA) is 47.9 Å². The van der Waals surface area contributed by atoms with Crippen LogP contribution in [0.1, 0.15) is 24.8 Å². The fourth-order valence-corrected chi connectivity index (χ4v) is 3.03. The van der Waals surface area contributed by atoms with Gasteiger partial charge >= 0.3 is 0 Å². The van der Waals surface area contributed by atoms with Crippen molar-refractivity contribution in [3.8, 4) is 11.5 Å². The highest BCUT2D eigenvalue weighted by molar-refractivity contribution is 9.10. The van der Waals surface area contributed by atoms with Gasteiger partial charge in [-0.05, 0) is 41.3 Å². The first kappa shape index (κ1) is 12.6. The van der Waals surface area contributed by atoms with Gasteiger partial charge in [-0.2, -0.15) is 4.99 Å². The number of fused-ring (bicyclic) bond motifs is 1. The third-order valence-corrected chi connectivity index (χ3v) is 4.37. The number of isocyanates is 1. The minimum atomic E-state index is -0.788. The molecular formula is C13H11BrFNO3. The maximum Gasteiger partial charge on any atom is 0.235 e. The molecule has 1 saturated carbocycles. The van der Waals surface area contributed by atoms with Crippen molar-refractivity contribution < 1.29 is 18.7 Å². The lowest BCUT2D eigenvalue weighted by molar-refractivity contribution is 0.167. The molecule has 0 amide bonds. The van der Waals surface area contributed by atoms with E-state index in [9.17, 15) is 9.18 Å². The van der Waals surface area contributed by atoms with Gasteiger partial charge in [0, 0.05) is 5.56 Å². The molecule has 19 heavy (non-hydrogen) atoms. The Hall–Kier alpha value is -1.39. The number of carbonyl (C=O) groups excluding carboxylic acids is 1. The second-order valence-electron chi connectivity index (χ2n) is 4.66. The first-order valence-corrected chi connectivity index (χ1v) is 6.84. The van der Waals surface area contributed by atoms with Gasteiger partial charge in [0.2, 0.25) is 6.08 Å². The number of hydrogen-bond donors (Lipinski definition) is 0. The van der Waals surface area contributed by atoms with E-state index in [2.05, 4.69) is 20.9 Å². The van der Waals surface area contributed by atoms with Gasteiger partial charge in [0.25, 0.3) is 0 Å². The molecule has 4 nitrogen and oxygen atoms in total. The molecule has 0 aromatic heterocycles. The molecule has 100 valence electrons. The van der Waals surface area contributed by atoms with Gasteiger partial charge in [-0.25, -0.2) is 9.18 Å². The molecule has 1 aromatic carbocycles. The van der Waals surface area contributed by atoms with Crippen molar-refractivity contribution in [2.45, 2.75) is 24.8 Å². The van der Waals surface area contributed by atoms with Gasteiger partial charge in [-0.15, -0.1) is 0 Å². The molecule has 0 spiro atoms. The van der Waals surface area contributed by atoms with E-state index in [1.807, 2.05) is 0 Å². The summed E-state index contributed by atoms with van der Waals surface area (Å²) in [5, 5.41) is 0. The van der Waals surface area contributed by atoms with E-state index in [1.165, 1.54) is 0 Å². The lowest BCUT2D eigenvalue weighted by atomic mass is 9.72. The molecule has 3 rings (SSSR count). The summed E-state index contributed by atoms with van der Waals surface area (Å²) in [6.07, 6.45) is 3.76. The highest BCUT2D eigenvalue weighted by atomic mass is 79.9. The summed E-state index contributed by atoms with van der Waals surface area (Å²) >= 11 is 3.19. The van der Waals surface area contributed by atoms with E-state index in [0.29, 0.717) is 43.1 Å². The quantitative estimate of drug-likeness (QED) is 0.619. The summed E-state index contributed by atoms with van der Waals surface area (Å²) in [5.74, 6) is 0.418. The zero-order valence-corrected chi connectivity index (χ0v) is 11.6. The van der Waals surface area contributed by atoms with Crippen molar-refractivity contribution in [1.82, 2.24) is 0 Å². The zero-order chi connectivity index (χ0) is 13.5. The van der Waals surface area contributed by atoms with E-state index in [0.717, 1.165) is 6.42 Å². The molecule has 0 unspecified atom stereocenters. The maximum absolute atomic E-state index is 14.5. The van der Waals surface area contributed by atoms with E-state index < -0.39 is 11.4 Å². The average Bonchev–Trinajstić information content (AvgIpc) is 2.38. The summed E-state index contributed by atoms with van der Waals surface area (Å²) in [6, 6.07) is 1.59. The number of benzene rings is 1. The average molecular weight is 328 g/mol. The lowest BCUT2D eigenvalue weighted by Gasteiger charge is -2.38. The monoisotopic (exact) mass is 327 g/mol. The summed E-state index contributed by atoms with van der Waals surface area (Å²) in [4.78, 5) is 14.4. The Morgan fingerprint density at radius 2 is 2.11 bits per heavy atom. The van der Waals surface area contributed by atoms with Gasteiger partial charge in [0.15, 0.2) is 11.5 Å². The highest BCUT2D eigenvalue weighted by Gasteiger charge is 2.42. The molecule has 1 aromatic rings. The molecule has 0 atom stereocenters. The second-order valence-corrected chi connectivity index (χ2v) is 5.46. The van der Waals surface area contributed by atoms with Crippen LogP contribution < -0.4 is 9.47 Å². The molecule has 0 saturated heterocycles. The molecule has 1 fully saturated rings. The molecular weight excluding hydrogens is 317 g/mol. The molecule has 1 aliphatic carbocycles. The Morgan fingerprint density at radius 3 is 2.74 bits per heavy atom. The van der Waals surface area contributed by atoms with Crippen LogP contribution in [-0.2, 0) is 10.3 Å². The van der Waals surface area contributed by atoms with Crippen molar-refractivity contribution in [2.75, 3.05) is 13.2 Å². The number of nitrogens with zero attached hydrogens (tertiary/aromatic N) is 1. The van der Waals surface area contributed by atoms with Gasteiger partial charge in [0.05, 0.1) is 4.47 Å². The molecule has 0 N–H and O–H groups in total. The van der Waals surface area contributed by atoms with Crippen molar-refractivity contribution in [1.29, 1.82) is 0 Å². The van der Waals surface area contributed by atoms with Crippen LogP contribution in [0, 0.1) is 5.82 Å². The fourth-order valence-electron chi connectivity index (χ4n) is 2.50. The summed E-state index contributed by atoms with van der Waals surface area (Å²) < 4.78 is 25.6. The number of aliphatic imine (C=N–C) groups is 1. The van der Waals surface area contributed by atoms with Crippen LogP contribution in [-0.4, -0.2) is 19.3 Å². The third kappa shape index (κ3) is 1.86. The minimum Gasteiger partial charge on any atom is -0.486 e. The molecule has 1 aliphatic heterocycles. The van der Waals surface area contributed by atoms with E-state index >= 15 is 0 Å². The van der Waals surface area contributed by atoms with E-state index in [1.54, 1.807) is 12.1 Å². The maximum atomic E-state index is 14.5. The Kier molecular flexibility index (Phi) is 3.07. The molecule has 0 bridgehead atoms. The SMILES string of the molecule is O=C=NC1(c2cc3c(c(Br)c2F)OCCO3)CCC1. The first-order valence-electron chi connectivity index (χ1n) is 6.05. The van der Waals surface area contributed by atoms with Crippen molar-refractivity contribution >= 4 is 22.0 Å². The lowest BCUT2D eigenvalue weighted by Crippen LogP contribution is -2.33. The van der Waals surface area contributed by atoms with E-state index in [-0.39, 0.29) is 4.47 Å². The van der Waals surface area contributed by atoms with Gasteiger partial charge < -0.3 is 9.47 Å². The van der Waals surface area contributed by atoms with Gasteiger partial charge in [-0.1, -0.05) is 0 Å². The van der Waals surface area contributed by atoms with Crippen molar-refractivity contribution in [2.24, 2.45) is 4.99 Å². The van der Waals surface area contributed by atoms with Crippen LogP contribution in [0.2, 0.25) is 0 Å². The van der Waals surface area contributed by atoms with Crippen LogP contribution in [0.15, 0.2) is 15.5 Å². The Balaban J connectivity index is 2.16. The predicted octanol–water partition coefficient (Wildman–Crippen LogP) is 3.07. The van der Waals surface area contributed by atoms with E-state index in [4.69, 9.17) is 9.47 Å². The Morgan fingerprint density at radius 1 is 1.37 bits per heavy atom. The van der Waals surface area contributed by atoms with Crippen LogP contribution >= 0.6 is 15.9 Å². The van der Waals surface area contributed by atoms with Gasteiger partial charge in [-0.3, -0.25) is 0 Å². The number of hydrogen-bond acceptors (Lipinski definition) is 4. The number of halogens is 2. The van der Waals surface area contributed by atoms with Crippen LogP contribution in [0.5, 0.6) is 11.5 Å². The molecule has 0 radical (unpaired) electrons. The summed E-state index contributed by atoms with van der Waals surface area (Å²) in [5.41, 5.74) is -0.414. The van der Waals surface area contributed by atoms with Crippen LogP contribution in [0.3, 0.4) is 0 Å². The third-order valence-electron chi connectivity index (χ3n) is 3.66. The normalized spacial score (nSPS) is 19.3. The number of ether oxygens (including phenoxy) is 2. The van der Waals surface area contributed by atoms with Crippen LogP contribution in [0.4, 0.5) is 4.39 Å². The van der Waals surface area contributed by atoms with Crippen molar-refractivity contribution in [3.05, 3.63) is 21.9 Å². The molecule has 1 heterocycles. The summed E-state index contributed by atoms with van der Waals surface area (Å²) in [7, 11) is 0. The first-order chi connectivity index (χ1) is 9.18. The molecule has 6 heteroatoms. The summed E-state index contributed by atoms with van der Waals surface area (Å²) in [6.45, 7) is 0.816. The minimum absolute atomic E-state index is 0.229. The fraction of sp³-hybridized carbons (Fsp3) is 0.462. The van der Waals surface area contributed by atoms with Crippen LogP contribution in [0.25, 0.3) is 0 Å². The standard InChI is InChI=1S/C13H11BrFNO3/c14-10-11(15)8(13(16-7-17)2-1-3-13)6-9-12(10)19-5-4-18-9/h6H,1-5H2. The number of rotatable bonds is 2. The largest absolute Gasteiger partial charge is 0.486 e.